The van der Waals surface area contributed by atoms with Crippen molar-refractivity contribution in [2.75, 3.05) is 26.2 Å². The number of amides is 1. The van der Waals surface area contributed by atoms with E-state index in [-0.39, 0.29) is 5.91 Å². The van der Waals surface area contributed by atoms with Crippen LogP contribution in [0.1, 0.15) is 26.7 Å². The van der Waals surface area contributed by atoms with E-state index in [9.17, 15) is 4.79 Å². The van der Waals surface area contributed by atoms with E-state index in [1.807, 2.05) is 0 Å². The standard InChI is InChI=1S/C11H23N3O/c1-9(7-13-11(15)10(2)12)8-14-5-3-4-6-14/h9-10H,3-8,12H2,1-2H3,(H,13,15)/t9?,10-/m1/s1. The van der Waals surface area contributed by atoms with Crippen LogP contribution in [-0.4, -0.2) is 43.0 Å². The largest absolute Gasteiger partial charge is 0.354 e. The van der Waals surface area contributed by atoms with Crippen LogP contribution in [-0.2, 0) is 4.79 Å². The van der Waals surface area contributed by atoms with Gasteiger partial charge in [-0.1, -0.05) is 6.92 Å². The Morgan fingerprint density at radius 1 is 1.40 bits per heavy atom. The Hall–Kier alpha value is -0.610. The molecule has 0 aromatic carbocycles. The number of hydrogen-bond donors (Lipinski definition) is 2. The van der Waals surface area contributed by atoms with Crippen molar-refractivity contribution in [2.24, 2.45) is 11.7 Å². The second kappa shape index (κ2) is 6.08. The Morgan fingerprint density at radius 3 is 2.53 bits per heavy atom. The van der Waals surface area contributed by atoms with Gasteiger partial charge in [-0.05, 0) is 38.8 Å². The van der Waals surface area contributed by atoms with E-state index in [0.717, 1.165) is 13.1 Å². The Balaban J connectivity index is 2.12. The van der Waals surface area contributed by atoms with Gasteiger partial charge in [-0.15, -0.1) is 0 Å². The van der Waals surface area contributed by atoms with E-state index in [0.29, 0.717) is 5.92 Å². The number of carbonyl (C=O) groups is 1. The summed E-state index contributed by atoms with van der Waals surface area (Å²) < 4.78 is 0. The summed E-state index contributed by atoms with van der Waals surface area (Å²) in [6, 6.07) is -0.399. The number of rotatable bonds is 5. The first kappa shape index (κ1) is 12.5. The topological polar surface area (TPSA) is 58.4 Å². The third kappa shape index (κ3) is 4.62. The van der Waals surface area contributed by atoms with E-state index in [1.54, 1.807) is 6.92 Å². The molecule has 0 aromatic heterocycles. The van der Waals surface area contributed by atoms with Gasteiger partial charge in [-0.2, -0.15) is 0 Å². The van der Waals surface area contributed by atoms with E-state index in [1.165, 1.54) is 25.9 Å². The van der Waals surface area contributed by atoms with Crippen molar-refractivity contribution < 1.29 is 4.79 Å². The van der Waals surface area contributed by atoms with Gasteiger partial charge in [0.05, 0.1) is 6.04 Å². The Bertz CT molecular complexity index is 200. The van der Waals surface area contributed by atoms with Gasteiger partial charge >= 0.3 is 0 Å². The zero-order chi connectivity index (χ0) is 11.3. The van der Waals surface area contributed by atoms with E-state index in [2.05, 4.69) is 17.1 Å². The van der Waals surface area contributed by atoms with Crippen LogP contribution >= 0.6 is 0 Å². The molecule has 0 spiro atoms. The molecule has 1 fully saturated rings. The maximum absolute atomic E-state index is 11.2. The third-order valence-electron chi connectivity index (χ3n) is 2.81. The van der Waals surface area contributed by atoms with Crippen LogP contribution in [0.2, 0.25) is 0 Å². The molecule has 15 heavy (non-hydrogen) atoms. The minimum atomic E-state index is -0.399. The lowest BCUT2D eigenvalue weighted by atomic mass is 10.1. The molecule has 1 saturated heterocycles. The summed E-state index contributed by atoms with van der Waals surface area (Å²) in [5, 5.41) is 2.87. The Kier molecular flexibility index (Phi) is 5.05. The van der Waals surface area contributed by atoms with E-state index < -0.39 is 6.04 Å². The summed E-state index contributed by atoms with van der Waals surface area (Å²) in [7, 11) is 0. The highest BCUT2D eigenvalue weighted by Crippen LogP contribution is 2.09. The van der Waals surface area contributed by atoms with Crippen molar-refractivity contribution in [3.8, 4) is 0 Å². The smallest absolute Gasteiger partial charge is 0.236 e. The van der Waals surface area contributed by atoms with E-state index in [4.69, 9.17) is 5.73 Å². The molecule has 4 heteroatoms. The maximum atomic E-state index is 11.2. The fourth-order valence-electron chi connectivity index (χ4n) is 1.91. The summed E-state index contributed by atoms with van der Waals surface area (Å²) in [5.41, 5.74) is 5.46. The molecule has 0 saturated carbocycles. The molecule has 1 aliphatic rings. The number of nitrogens with two attached hydrogens (primary N) is 1. The molecule has 4 nitrogen and oxygen atoms in total. The second-order valence-corrected chi connectivity index (χ2v) is 4.65. The maximum Gasteiger partial charge on any atom is 0.236 e. The molecule has 0 bridgehead atoms. The quantitative estimate of drug-likeness (QED) is 0.685. The van der Waals surface area contributed by atoms with Crippen LogP contribution in [0.4, 0.5) is 0 Å². The fraction of sp³-hybridized carbons (Fsp3) is 0.909. The van der Waals surface area contributed by atoms with Gasteiger partial charge in [0.1, 0.15) is 0 Å². The second-order valence-electron chi connectivity index (χ2n) is 4.65. The molecule has 2 atom stereocenters. The highest BCUT2D eigenvalue weighted by molar-refractivity contribution is 5.80. The van der Waals surface area contributed by atoms with Crippen LogP contribution in [0.15, 0.2) is 0 Å². The van der Waals surface area contributed by atoms with Crippen molar-refractivity contribution >= 4 is 5.91 Å². The van der Waals surface area contributed by atoms with Gasteiger partial charge in [-0.3, -0.25) is 4.79 Å². The van der Waals surface area contributed by atoms with E-state index >= 15 is 0 Å². The van der Waals surface area contributed by atoms with Gasteiger partial charge in [0.25, 0.3) is 0 Å². The SMILES string of the molecule is CC(CNC(=O)[C@@H](C)N)CN1CCCC1. The molecule has 88 valence electrons. The molecule has 0 aromatic rings. The lowest BCUT2D eigenvalue weighted by molar-refractivity contribution is -0.122. The Labute approximate surface area is 92.2 Å². The van der Waals surface area contributed by atoms with Gasteiger partial charge in [0.2, 0.25) is 5.91 Å². The number of carbonyl (C=O) groups excluding carboxylic acids is 1. The molecule has 1 amide bonds. The zero-order valence-electron chi connectivity index (χ0n) is 9.83. The Morgan fingerprint density at radius 2 is 2.00 bits per heavy atom. The lowest BCUT2D eigenvalue weighted by Gasteiger charge is -2.20. The number of nitrogens with zero attached hydrogens (tertiary/aromatic N) is 1. The van der Waals surface area contributed by atoms with Crippen molar-refractivity contribution in [1.29, 1.82) is 0 Å². The normalized spacial score (nSPS) is 21.3. The van der Waals surface area contributed by atoms with Crippen LogP contribution < -0.4 is 11.1 Å². The predicted molar refractivity (Wildman–Crippen MR) is 61.5 cm³/mol. The van der Waals surface area contributed by atoms with Gasteiger partial charge in [-0.25, -0.2) is 0 Å². The molecule has 3 N–H and O–H groups in total. The minimum absolute atomic E-state index is 0.0525. The highest BCUT2D eigenvalue weighted by atomic mass is 16.2. The summed E-state index contributed by atoms with van der Waals surface area (Å²) in [6.07, 6.45) is 2.64. The number of nitrogens with one attached hydrogen (secondary N) is 1. The van der Waals surface area contributed by atoms with Gasteiger partial charge in [0, 0.05) is 13.1 Å². The average Bonchev–Trinajstić information content (AvgIpc) is 2.66. The molecular formula is C11H23N3O. The molecule has 1 aliphatic heterocycles. The average molecular weight is 213 g/mol. The highest BCUT2D eigenvalue weighted by Gasteiger charge is 2.15. The lowest BCUT2D eigenvalue weighted by Crippen LogP contribution is -2.41. The summed E-state index contributed by atoms with van der Waals surface area (Å²) >= 11 is 0. The van der Waals surface area contributed by atoms with Crippen LogP contribution in [0.5, 0.6) is 0 Å². The minimum Gasteiger partial charge on any atom is -0.354 e. The van der Waals surface area contributed by atoms with Gasteiger partial charge < -0.3 is 16.0 Å². The van der Waals surface area contributed by atoms with Crippen LogP contribution in [0.3, 0.4) is 0 Å². The first-order valence-electron chi connectivity index (χ1n) is 5.85. The number of hydrogen-bond acceptors (Lipinski definition) is 3. The fourth-order valence-corrected chi connectivity index (χ4v) is 1.91. The summed E-state index contributed by atoms with van der Waals surface area (Å²) in [6.45, 7) is 8.12. The first-order valence-corrected chi connectivity index (χ1v) is 5.85. The van der Waals surface area contributed by atoms with Gasteiger partial charge in [0.15, 0.2) is 0 Å². The summed E-state index contributed by atoms with van der Waals surface area (Å²) in [4.78, 5) is 13.7. The third-order valence-corrected chi connectivity index (χ3v) is 2.81. The first-order chi connectivity index (χ1) is 7.09. The zero-order valence-corrected chi connectivity index (χ0v) is 9.83. The van der Waals surface area contributed by atoms with Crippen molar-refractivity contribution in [3.05, 3.63) is 0 Å². The summed E-state index contributed by atoms with van der Waals surface area (Å²) in [5.74, 6) is 0.453. The molecular weight excluding hydrogens is 190 g/mol. The number of likely N-dealkylation sites (tertiary alicyclic amines) is 1. The van der Waals surface area contributed by atoms with Crippen LogP contribution in [0.25, 0.3) is 0 Å². The molecule has 0 radical (unpaired) electrons. The molecule has 1 heterocycles. The predicted octanol–water partition coefficient (Wildman–Crippen LogP) is 0.182. The monoisotopic (exact) mass is 213 g/mol. The molecule has 1 unspecified atom stereocenters. The molecule has 0 aliphatic carbocycles. The van der Waals surface area contributed by atoms with Crippen LogP contribution in [0, 0.1) is 5.92 Å². The molecule has 1 rings (SSSR count). The van der Waals surface area contributed by atoms with Crippen molar-refractivity contribution in [1.82, 2.24) is 10.2 Å². The van der Waals surface area contributed by atoms with Crippen molar-refractivity contribution in [3.63, 3.8) is 0 Å². The van der Waals surface area contributed by atoms with Crippen molar-refractivity contribution in [2.45, 2.75) is 32.7 Å².